The minimum atomic E-state index is -0.104. The normalized spacial score (nSPS) is 12.2. The number of H-pyrrole nitrogens is 1. The number of nitrogens with zero attached hydrogens (tertiary/aromatic N) is 3. The van der Waals surface area contributed by atoms with Crippen molar-refractivity contribution in [3.63, 3.8) is 0 Å². The van der Waals surface area contributed by atoms with Gasteiger partial charge in [0, 0.05) is 17.8 Å². The predicted molar refractivity (Wildman–Crippen MR) is 99.9 cm³/mol. The van der Waals surface area contributed by atoms with E-state index in [-0.39, 0.29) is 18.4 Å². The summed E-state index contributed by atoms with van der Waals surface area (Å²) in [7, 11) is 0. The molecule has 0 unspecified atom stereocenters. The van der Waals surface area contributed by atoms with E-state index in [0.717, 1.165) is 27.8 Å². The highest BCUT2D eigenvalue weighted by molar-refractivity contribution is 5.87. The van der Waals surface area contributed by atoms with E-state index in [9.17, 15) is 4.79 Å². The monoisotopic (exact) mass is 345 g/mol. The number of amides is 1. The van der Waals surface area contributed by atoms with Crippen molar-refractivity contribution in [2.24, 2.45) is 0 Å². The minimum absolute atomic E-state index is 0.0450. The van der Waals surface area contributed by atoms with Crippen LogP contribution < -0.4 is 5.32 Å². The number of aromatic nitrogens is 4. The van der Waals surface area contributed by atoms with Crippen LogP contribution in [0.2, 0.25) is 0 Å². The molecule has 2 heterocycles. The fourth-order valence-electron chi connectivity index (χ4n) is 3.04. The molecule has 2 aromatic heterocycles. The third-order valence-electron chi connectivity index (χ3n) is 4.39. The van der Waals surface area contributed by atoms with Crippen LogP contribution in [0.5, 0.6) is 0 Å². The first-order valence-electron chi connectivity index (χ1n) is 8.52. The van der Waals surface area contributed by atoms with Crippen LogP contribution in [-0.4, -0.2) is 25.9 Å². The molecule has 2 N–H and O–H groups in total. The molecule has 1 atom stereocenters. The van der Waals surface area contributed by atoms with Gasteiger partial charge in [-0.2, -0.15) is 10.2 Å². The van der Waals surface area contributed by atoms with Gasteiger partial charge in [0.1, 0.15) is 0 Å². The molecular formula is C20H19N5O. The third kappa shape index (κ3) is 3.21. The molecule has 130 valence electrons. The molecule has 0 radical (unpaired) electrons. The lowest BCUT2D eigenvalue weighted by Crippen LogP contribution is -2.28. The van der Waals surface area contributed by atoms with Crippen molar-refractivity contribution in [3.8, 4) is 5.69 Å². The Bertz CT molecular complexity index is 1040. The Hall–Kier alpha value is -3.41. The van der Waals surface area contributed by atoms with E-state index in [0.29, 0.717) is 0 Å². The quantitative estimate of drug-likeness (QED) is 0.583. The number of carbonyl (C=O) groups is 1. The SMILES string of the molecule is C[C@@H](NC(=O)Cc1[nH]nc2ccccc12)c1cccc(-n2cccn2)c1. The lowest BCUT2D eigenvalue weighted by atomic mass is 10.1. The maximum atomic E-state index is 12.5. The first-order chi connectivity index (χ1) is 12.7. The molecule has 6 nitrogen and oxygen atoms in total. The molecule has 0 saturated heterocycles. The molecule has 6 heteroatoms. The second-order valence-electron chi connectivity index (χ2n) is 6.23. The van der Waals surface area contributed by atoms with Gasteiger partial charge in [0.2, 0.25) is 5.91 Å². The van der Waals surface area contributed by atoms with Crippen molar-refractivity contribution in [3.05, 3.63) is 78.2 Å². The fraction of sp³-hybridized carbons (Fsp3) is 0.150. The van der Waals surface area contributed by atoms with Crippen LogP contribution in [0.3, 0.4) is 0 Å². The van der Waals surface area contributed by atoms with Crippen LogP contribution in [0.1, 0.15) is 24.2 Å². The van der Waals surface area contributed by atoms with E-state index in [1.54, 1.807) is 10.9 Å². The van der Waals surface area contributed by atoms with Crippen molar-refractivity contribution in [1.29, 1.82) is 0 Å². The molecule has 0 spiro atoms. The molecule has 0 fully saturated rings. The molecule has 2 aromatic carbocycles. The number of rotatable bonds is 5. The van der Waals surface area contributed by atoms with Crippen LogP contribution >= 0.6 is 0 Å². The maximum Gasteiger partial charge on any atom is 0.226 e. The third-order valence-corrected chi connectivity index (χ3v) is 4.39. The van der Waals surface area contributed by atoms with Crippen molar-refractivity contribution < 1.29 is 4.79 Å². The standard InChI is InChI=1S/C20H19N5O/c1-14(15-6-4-7-16(12-15)25-11-5-10-21-25)22-20(26)13-19-17-8-2-3-9-18(17)23-24-19/h2-12,14H,13H2,1H3,(H,22,26)(H,23,24)/t14-/m1/s1. The number of hydrogen-bond donors (Lipinski definition) is 2. The van der Waals surface area contributed by atoms with E-state index in [1.165, 1.54) is 0 Å². The molecule has 4 rings (SSSR count). The van der Waals surface area contributed by atoms with Gasteiger partial charge in [0.15, 0.2) is 0 Å². The summed E-state index contributed by atoms with van der Waals surface area (Å²) >= 11 is 0. The highest BCUT2D eigenvalue weighted by Crippen LogP contribution is 2.18. The Kier molecular flexibility index (Phi) is 4.23. The number of aromatic amines is 1. The van der Waals surface area contributed by atoms with E-state index < -0.39 is 0 Å². The Labute approximate surface area is 150 Å². The Morgan fingerprint density at radius 1 is 1.19 bits per heavy atom. The van der Waals surface area contributed by atoms with Gasteiger partial charge >= 0.3 is 0 Å². The Morgan fingerprint density at radius 2 is 2.08 bits per heavy atom. The molecule has 0 saturated carbocycles. The van der Waals surface area contributed by atoms with Crippen LogP contribution in [0.25, 0.3) is 16.6 Å². The Morgan fingerprint density at radius 3 is 2.92 bits per heavy atom. The number of benzene rings is 2. The van der Waals surface area contributed by atoms with Crippen molar-refractivity contribution >= 4 is 16.8 Å². The molecule has 4 aromatic rings. The molecule has 0 bridgehead atoms. The fourth-order valence-corrected chi connectivity index (χ4v) is 3.04. The summed E-state index contributed by atoms with van der Waals surface area (Å²) in [6.07, 6.45) is 3.90. The molecule has 0 aliphatic heterocycles. The van der Waals surface area contributed by atoms with E-state index in [1.807, 2.05) is 67.7 Å². The average Bonchev–Trinajstić information content (AvgIpc) is 3.32. The van der Waals surface area contributed by atoms with E-state index in [2.05, 4.69) is 20.6 Å². The zero-order valence-corrected chi connectivity index (χ0v) is 14.4. The summed E-state index contributed by atoms with van der Waals surface area (Å²) in [5, 5.41) is 15.5. The first-order valence-corrected chi connectivity index (χ1v) is 8.52. The second-order valence-corrected chi connectivity index (χ2v) is 6.23. The van der Waals surface area contributed by atoms with Crippen LogP contribution in [0, 0.1) is 0 Å². The Balaban J connectivity index is 1.47. The minimum Gasteiger partial charge on any atom is -0.349 e. The summed E-state index contributed by atoms with van der Waals surface area (Å²) in [6, 6.07) is 17.5. The van der Waals surface area contributed by atoms with Gasteiger partial charge in [0.05, 0.1) is 29.4 Å². The first kappa shape index (κ1) is 16.1. The number of nitrogens with one attached hydrogen (secondary N) is 2. The van der Waals surface area contributed by atoms with Crippen LogP contribution in [0.15, 0.2) is 67.0 Å². The highest BCUT2D eigenvalue weighted by Gasteiger charge is 2.13. The maximum absolute atomic E-state index is 12.5. The smallest absolute Gasteiger partial charge is 0.226 e. The number of para-hydroxylation sites is 1. The summed E-state index contributed by atoms with van der Waals surface area (Å²) < 4.78 is 1.80. The summed E-state index contributed by atoms with van der Waals surface area (Å²) in [6.45, 7) is 1.98. The largest absolute Gasteiger partial charge is 0.349 e. The van der Waals surface area contributed by atoms with Gasteiger partial charge in [-0.1, -0.05) is 30.3 Å². The highest BCUT2D eigenvalue weighted by atomic mass is 16.1. The van der Waals surface area contributed by atoms with Gasteiger partial charge in [0.25, 0.3) is 0 Å². The average molecular weight is 345 g/mol. The van der Waals surface area contributed by atoms with Gasteiger partial charge in [-0.25, -0.2) is 4.68 Å². The zero-order valence-electron chi connectivity index (χ0n) is 14.4. The topological polar surface area (TPSA) is 75.6 Å². The molecule has 26 heavy (non-hydrogen) atoms. The van der Waals surface area contributed by atoms with Crippen molar-refractivity contribution in [1.82, 2.24) is 25.3 Å². The van der Waals surface area contributed by atoms with Gasteiger partial charge in [-0.15, -0.1) is 0 Å². The number of carbonyl (C=O) groups excluding carboxylic acids is 1. The van der Waals surface area contributed by atoms with Gasteiger partial charge in [-0.05, 0) is 36.8 Å². The zero-order chi connectivity index (χ0) is 17.9. The van der Waals surface area contributed by atoms with Crippen LogP contribution in [0.4, 0.5) is 0 Å². The molecule has 0 aliphatic rings. The summed E-state index contributed by atoms with van der Waals surface area (Å²) in [5.41, 5.74) is 3.69. The number of fused-ring (bicyclic) bond motifs is 1. The van der Waals surface area contributed by atoms with E-state index >= 15 is 0 Å². The van der Waals surface area contributed by atoms with Gasteiger partial charge < -0.3 is 5.32 Å². The molecular weight excluding hydrogens is 326 g/mol. The van der Waals surface area contributed by atoms with Crippen molar-refractivity contribution in [2.45, 2.75) is 19.4 Å². The second kappa shape index (κ2) is 6.84. The van der Waals surface area contributed by atoms with E-state index in [4.69, 9.17) is 0 Å². The van der Waals surface area contributed by atoms with Crippen LogP contribution in [-0.2, 0) is 11.2 Å². The summed E-state index contributed by atoms with van der Waals surface area (Å²) in [5.74, 6) is -0.0450. The van der Waals surface area contributed by atoms with Gasteiger partial charge in [-0.3, -0.25) is 9.89 Å². The lowest BCUT2D eigenvalue weighted by molar-refractivity contribution is -0.121. The molecule has 0 aliphatic carbocycles. The number of hydrogen-bond acceptors (Lipinski definition) is 3. The summed E-state index contributed by atoms with van der Waals surface area (Å²) in [4.78, 5) is 12.5. The predicted octanol–water partition coefficient (Wildman–Crippen LogP) is 3.17. The van der Waals surface area contributed by atoms with Crippen molar-refractivity contribution in [2.75, 3.05) is 0 Å². The lowest BCUT2D eigenvalue weighted by Gasteiger charge is -2.15. The molecule has 1 amide bonds.